The lowest BCUT2D eigenvalue weighted by Crippen LogP contribution is -2.59. The predicted octanol–water partition coefficient (Wildman–Crippen LogP) is 1.37. The number of benzene rings is 1. The number of carbonyl (C=O) groups excluding carboxylic acids is 1. The van der Waals surface area contributed by atoms with Gasteiger partial charge in [-0.1, -0.05) is 6.07 Å². The molecule has 2 aliphatic rings. The standard InChI is InChI=1S/C15H17F2N3O2/c1-8-5-11-13(21)20(2)14(18)19-15(11,7-22-8)10-4-3-9(16)6-12(10)17/h3-4,6,8,11H,5,7H2,1-2H3,(H2,18,19)/t8?,11-,15+/m0/s1. The van der Waals surface area contributed by atoms with Crippen LogP contribution in [0.5, 0.6) is 0 Å². The first-order valence-corrected chi connectivity index (χ1v) is 7.05. The van der Waals surface area contributed by atoms with Crippen molar-refractivity contribution in [2.45, 2.75) is 25.0 Å². The maximum Gasteiger partial charge on any atom is 0.235 e. The fourth-order valence-electron chi connectivity index (χ4n) is 3.17. The van der Waals surface area contributed by atoms with Gasteiger partial charge in [0.15, 0.2) is 5.96 Å². The summed E-state index contributed by atoms with van der Waals surface area (Å²) < 4.78 is 33.2. The van der Waals surface area contributed by atoms with E-state index in [0.29, 0.717) is 6.42 Å². The van der Waals surface area contributed by atoms with Crippen LogP contribution in [0.4, 0.5) is 8.78 Å². The van der Waals surface area contributed by atoms with Crippen LogP contribution in [0.25, 0.3) is 0 Å². The van der Waals surface area contributed by atoms with Crippen LogP contribution in [-0.2, 0) is 15.1 Å². The summed E-state index contributed by atoms with van der Waals surface area (Å²) in [6.07, 6.45) is 0.255. The highest BCUT2D eigenvalue weighted by Gasteiger charge is 2.53. The molecule has 22 heavy (non-hydrogen) atoms. The maximum absolute atomic E-state index is 14.3. The molecule has 0 saturated carbocycles. The van der Waals surface area contributed by atoms with Gasteiger partial charge in [-0.25, -0.2) is 13.8 Å². The van der Waals surface area contributed by atoms with Crippen molar-refractivity contribution >= 4 is 11.9 Å². The molecule has 1 unspecified atom stereocenters. The normalized spacial score (nSPS) is 31.7. The van der Waals surface area contributed by atoms with Gasteiger partial charge in [-0.2, -0.15) is 0 Å². The molecule has 0 spiro atoms. The number of amides is 1. The van der Waals surface area contributed by atoms with E-state index in [0.717, 1.165) is 12.1 Å². The van der Waals surface area contributed by atoms with Crippen molar-refractivity contribution in [1.82, 2.24) is 4.90 Å². The monoisotopic (exact) mass is 309 g/mol. The highest BCUT2D eigenvalue weighted by molar-refractivity contribution is 6.00. The summed E-state index contributed by atoms with van der Waals surface area (Å²) in [6, 6.07) is 3.25. The van der Waals surface area contributed by atoms with Crippen LogP contribution >= 0.6 is 0 Å². The highest BCUT2D eigenvalue weighted by Crippen LogP contribution is 2.45. The van der Waals surface area contributed by atoms with Gasteiger partial charge in [0.2, 0.25) is 5.91 Å². The Morgan fingerprint density at radius 1 is 1.45 bits per heavy atom. The molecule has 1 aromatic rings. The molecular weight excluding hydrogens is 292 g/mol. The predicted molar refractivity (Wildman–Crippen MR) is 75.9 cm³/mol. The van der Waals surface area contributed by atoms with E-state index in [4.69, 9.17) is 10.5 Å². The van der Waals surface area contributed by atoms with Gasteiger partial charge in [-0.15, -0.1) is 0 Å². The summed E-state index contributed by atoms with van der Waals surface area (Å²) in [5, 5.41) is 0. The lowest BCUT2D eigenvalue weighted by atomic mass is 9.72. The van der Waals surface area contributed by atoms with E-state index in [2.05, 4.69) is 4.99 Å². The second kappa shape index (κ2) is 5.01. The first-order valence-electron chi connectivity index (χ1n) is 7.05. The number of ether oxygens (including phenoxy) is 1. The van der Waals surface area contributed by atoms with E-state index in [1.165, 1.54) is 18.0 Å². The van der Waals surface area contributed by atoms with E-state index in [1.54, 1.807) is 0 Å². The molecule has 1 amide bonds. The molecular formula is C15H17F2N3O2. The van der Waals surface area contributed by atoms with Crippen molar-refractivity contribution in [3.63, 3.8) is 0 Å². The van der Waals surface area contributed by atoms with Gasteiger partial charge < -0.3 is 10.5 Å². The molecule has 1 fully saturated rings. The number of hydrogen-bond donors (Lipinski definition) is 1. The number of aliphatic imine (C=N–C) groups is 1. The molecule has 1 saturated heterocycles. The zero-order valence-electron chi connectivity index (χ0n) is 12.3. The van der Waals surface area contributed by atoms with Crippen LogP contribution in [0.15, 0.2) is 23.2 Å². The van der Waals surface area contributed by atoms with Crippen molar-refractivity contribution in [1.29, 1.82) is 0 Å². The number of nitrogens with two attached hydrogens (primary N) is 1. The summed E-state index contributed by atoms with van der Waals surface area (Å²) >= 11 is 0. The van der Waals surface area contributed by atoms with Gasteiger partial charge in [0, 0.05) is 18.7 Å². The molecule has 0 aliphatic carbocycles. The van der Waals surface area contributed by atoms with E-state index in [9.17, 15) is 13.6 Å². The molecule has 1 aromatic carbocycles. The lowest BCUT2D eigenvalue weighted by Gasteiger charge is -2.46. The molecule has 5 nitrogen and oxygen atoms in total. The minimum atomic E-state index is -1.24. The Morgan fingerprint density at radius 3 is 2.86 bits per heavy atom. The van der Waals surface area contributed by atoms with Gasteiger partial charge in [-0.3, -0.25) is 9.69 Å². The van der Waals surface area contributed by atoms with E-state index >= 15 is 0 Å². The van der Waals surface area contributed by atoms with E-state index < -0.39 is 23.1 Å². The Morgan fingerprint density at radius 2 is 2.18 bits per heavy atom. The minimum Gasteiger partial charge on any atom is -0.376 e. The molecule has 0 radical (unpaired) electrons. The number of nitrogens with zero attached hydrogens (tertiary/aromatic N) is 2. The molecule has 2 heterocycles. The zero-order valence-corrected chi connectivity index (χ0v) is 12.3. The van der Waals surface area contributed by atoms with Crippen LogP contribution in [0.2, 0.25) is 0 Å². The van der Waals surface area contributed by atoms with Crippen LogP contribution in [-0.4, -0.2) is 36.5 Å². The largest absolute Gasteiger partial charge is 0.376 e. The van der Waals surface area contributed by atoms with Gasteiger partial charge in [-0.05, 0) is 19.4 Å². The van der Waals surface area contributed by atoms with E-state index in [-0.39, 0.29) is 30.1 Å². The maximum atomic E-state index is 14.3. The van der Waals surface area contributed by atoms with Crippen molar-refractivity contribution in [2.24, 2.45) is 16.6 Å². The summed E-state index contributed by atoms with van der Waals surface area (Å²) in [4.78, 5) is 18.2. The molecule has 118 valence electrons. The van der Waals surface area contributed by atoms with Gasteiger partial charge in [0.05, 0.1) is 18.6 Å². The third kappa shape index (κ3) is 2.08. The van der Waals surface area contributed by atoms with Gasteiger partial charge in [0.25, 0.3) is 0 Å². The van der Waals surface area contributed by atoms with Gasteiger partial charge in [0.1, 0.15) is 17.2 Å². The van der Waals surface area contributed by atoms with Crippen LogP contribution < -0.4 is 5.73 Å². The minimum absolute atomic E-state index is 0.00290. The van der Waals surface area contributed by atoms with Crippen molar-refractivity contribution in [2.75, 3.05) is 13.7 Å². The molecule has 0 aromatic heterocycles. The number of halogens is 2. The second-order valence-corrected chi connectivity index (χ2v) is 5.83. The van der Waals surface area contributed by atoms with Crippen LogP contribution in [0, 0.1) is 17.6 Å². The Hall–Kier alpha value is -2.02. The quantitative estimate of drug-likeness (QED) is 0.852. The van der Waals surface area contributed by atoms with Crippen molar-refractivity contribution in [3.05, 3.63) is 35.4 Å². The topological polar surface area (TPSA) is 67.9 Å². The smallest absolute Gasteiger partial charge is 0.235 e. The number of fused-ring (bicyclic) bond motifs is 1. The third-order valence-electron chi connectivity index (χ3n) is 4.42. The number of carbonyl (C=O) groups is 1. The van der Waals surface area contributed by atoms with E-state index in [1.807, 2.05) is 6.92 Å². The molecule has 3 atom stereocenters. The molecule has 7 heteroatoms. The molecule has 0 bridgehead atoms. The fraction of sp³-hybridized carbons (Fsp3) is 0.467. The first kappa shape index (κ1) is 14.9. The first-order chi connectivity index (χ1) is 10.3. The summed E-state index contributed by atoms with van der Waals surface area (Å²) in [5.41, 5.74) is 4.71. The average Bonchev–Trinajstić information content (AvgIpc) is 2.46. The van der Waals surface area contributed by atoms with Crippen molar-refractivity contribution < 1.29 is 18.3 Å². The number of guanidine groups is 1. The summed E-state index contributed by atoms with van der Waals surface area (Å²) in [7, 11) is 1.53. The van der Waals surface area contributed by atoms with Crippen LogP contribution in [0.3, 0.4) is 0 Å². The van der Waals surface area contributed by atoms with Crippen molar-refractivity contribution in [3.8, 4) is 0 Å². The molecule has 2 N–H and O–H groups in total. The Labute approximate surface area is 126 Å². The Balaban J connectivity index is 2.20. The van der Waals surface area contributed by atoms with Crippen LogP contribution in [0.1, 0.15) is 18.9 Å². The van der Waals surface area contributed by atoms with Gasteiger partial charge >= 0.3 is 0 Å². The second-order valence-electron chi connectivity index (χ2n) is 5.83. The number of hydrogen-bond acceptors (Lipinski definition) is 4. The zero-order chi connectivity index (χ0) is 16.1. The molecule has 2 aliphatic heterocycles. The summed E-state index contributed by atoms with van der Waals surface area (Å²) in [6.45, 7) is 1.88. The fourth-order valence-corrected chi connectivity index (χ4v) is 3.17. The average molecular weight is 309 g/mol. The molecule has 3 rings (SSSR count). The Kier molecular flexibility index (Phi) is 3.40. The third-order valence-corrected chi connectivity index (χ3v) is 4.42. The lowest BCUT2D eigenvalue weighted by molar-refractivity contribution is -0.144. The SMILES string of the molecule is CC1C[C@H]2C(=O)N(C)C(N)=N[C@@]2(c2ccc(F)cc2F)CO1. The highest BCUT2D eigenvalue weighted by atomic mass is 19.1. The number of rotatable bonds is 1. The summed E-state index contributed by atoms with van der Waals surface area (Å²) in [5.74, 6) is -2.25. The Bertz CT molecular complexity index is 664.